The first kappa shape index (κ1) is 12.4. The SMILES string of the molecule is CCc1ccc(O)c(C(C)=Cc2ccccc2)c1. The zero-order valence-electron chi connectivity index (χ0n) is 10.9. The van der Waals surface area contributed by atoms with E-state index in [0.717, 1.165) is 23.1 Å². The van der Waals surface area contributed by atoms with Crippen LogP contribution in [0.2, 0.25) is 0 Å². The van der Waals surface area contributed by atoms with Gasteiger partial charge in [-0.1, -0.05) is 49.4 Å². The largest absolute Gasteiger partial charge is 0.507 e. The molecule has 0 unspecified atom stereocenters. The summed E-state index contributed by atoms with van der Waals surface area (Å²) in [6.45, 7) is 4.15. The Balaban J connectivity index is 2.39. The first-order valence-corrected chi connectivity index (χ1v) is 6.26. The van der Waals surface area contributed by atoms with Crippen molar-refractivity contribution in [2.75, 3.05) is 0 Å². The van der Waals surface area contributed by atoms with E-state index in [2.05, 4.69) is 31.2 Å². The highest BCUT2D eigenvalue weighted by Gasteiger charge is 2.04. The third-order valence-corrected chi connectivity index (χ3v) is 3.08. The van der Waals surface area contributed by atoms with Gasteiger partial charge in [-0.15, -0.1) is 0 Å². The molecule has 1 nitrogen and oxygen atoms in total. The van der Waals surface area contributed by atoms with Crippen molar-refractivity contribution in [3.8, 4) is 5.75 Å². The number of phenols is 1. The van der Waals surface area contributed by atoms with Crippen molar-refractivity contribution < 1.29 is 5.11 Å². The highest BCUT2D eigenvalue weighted by Crippen LogP contribution is 2.27. The molecule has 2 aromatic carbocycles. The molecular weight excluding hydrogens is 220 g/mol. The molecule has 1 N–H and O–H groups in total. The number of aromatic hydroxyl groups is 1. The topological polar surface area (TPSA) is 20.2 Å². The van der Waals surface area contributed by atoms with Crippen LogP contribution in [0.4, 0.5) is 0 Å². The number of aryl methyl sites for hydroxylation is 1. The number of hydrogen-bond acceptors (Lipinski definition) is 1. The molecule has 92 valence electrons. The zero-order valence-corrected chi connectivity index (χ0v) is 10.9. The summed E-state index contributed by atoms with van der Waals surface area (Å²) in [6.07, 6.45) is 3.07. The van der Waals surface area contributed by atoms with Gasteiger partial charge in [0.1, 0.15) is 5.75 Å². The molecule has 2 aromatic rings. The van der Waals surface area contributed by atoms with Crippen molar-refractivity contribution in [1.82, 2.24) is 0 Å². The van der Waals surface area contributed by atoms with Gasteiger partial charge in [0.25, 0.3) is 0 Å². The monoisotopic (exact) mass is 238 g/mol. The van der Waals surface area contributed by atoms with Gasteiger partial charge in [-0.2, -0.15) is 0 Å². The van der Waals surface area contributed by atoms with E-state index >= 15 is 0 Å². The van der Waals surface area contributed by atoms with Crippen molar-refractivity contribution in [1.29, 1.82) is 0 Å². The first-order valence-electron chi connectivity index (χ1n) is 6.26. The maximum absolute atomic E-state index is 9.94. The summed E-state index contributed by atoms with van der Waals surface area (Å²) < 4.78 is 0. The quantitative estimate of drug-likeness (QED) is 0.780. The fourth-order valence-corrected chi connectivity index (χ4v) is 2.00. The van der Waals surface area contributed by atoms with E-state index in [1.165, 1.54) is 5.56 Å². The molecule has 0 atom stereocenters. The summed E-state index contributed by atoms with van der Waals surface area (Å²) in [4.78, 5) is 0. The average molecular weight is 238 g/mol. The van der Waals surface area contributed by atoms with E-state index in [1.54, 1.807) is 6.07 Å². The molecule has 2 rings (SSSR count). The second-order valence-corrected chi connectivity index (χ2v) is 4.44. The number of rotatable bonds is 3. The molecule has 0 aliphatic rings. The summed E-state index contributed by atoms with van der Waals surface area (Å²) in [6, 6.07) is 16.0. The maximum atomic E-state index is 9.94. The molecule has 1 heteroatoms. The Labute approximate surface area is 108 Å². The van der Waals surface area contributed by atoms with Gasteiger partial charge in [-0.05, 0) is 42.2 Å². The van der Waals surface area contributed by atoms with Crippen molar-refractivity contribution in [3.63, 3.8) is 0 Å². The highest BCUT2D eigenvalue weighted by molar-refractivity contribution is 5.82. The predicted molar refractivity (Wildman–Crippen MR) is 77.5 cm³/mol. The van der Waals surface area contributed by atoms with Crippen molar-refractivity contribution in [2.45, 2.75) is 20.3 Å². The maximum Gasteiger partial charge on any atom is 0.123 e. The first-order chi connectivity index (χ1) is 8.70. The summed E-state index contributed by atoms with van der Waals surface area (Å²) in [5.41, 5.74) is 4.38. The third kappa shape index (κ3) is 2.80. The second kappa shape index (κ2) is 5.54. The lowest BCUT2D eigenvalue weighted by molar-refractivity contribution is 0.473. The van der Waals surface area contributed by atoms with Gasteiger partial charge in [0.2, 0.25) is 0 Å². The molecule has 0 amide bonds. The van der Waals surface area contributed by atoms with E-state index < -0.39 is 0 Å². The summed E-state index contributed by atoms with van der Waals surface area (Å²) in [5.74, 6) is 0.344. The molecule has 0 aliphatic heterocycles. The summed E-state index contributed by atoms with van der Waals surface area (Å²) >= 11 is 0. The molecule has 0 saturated heterocycles. The minimum absolute atomic E-state index is 0.344. The van der Waals surface area contributed by atoms with Crippen LogP contribution in [0.1, 0.15) is 30.5 Å². The molecule has 0 saturated carbocycles. The lowest BCUT2D eigenvalue weighted by Gasteiger charge is -2.07. The van der Waals surface area contributed by atoms with Gasteiger partial charge in [0.05, 0.1) is 0 Å². The van der Waals surface area contributed by atoms with Crippen molar-refractivity contribution in [2.24, 2.45) is 0 Å². The van der Waals surface area contributed by atoms with Crippen molar-refractivity contribution in [3.05, 3.63) is 65.2 Å². The molecule has 18 heavy (non-hydrogen) atoms. The smallest absolute Gasteiger partial charge is 0.123 e. The number of allylic oxidation sites excluding steroid dienone is 1. The Morgan fingerprint density at radius 1 is 1.11 bits per heavy atom. The van der Waals surface area contributed by atoms with E-state index in [-0.39, 0.29) is 0 Å². The van der Waals surface area contributed by atoms with Gasteiger partial charge in [-0.25, -0.2) is 0 Å². The van der Waals surface area contributed by atoms with Crippen LogP contribution in [-0.4, -0.2) is 5.11 Å². The average Bonchev–Trinajstić information content (AvgIpc) is 2.40. The van der Waals surface area contributed by atoms with Crippen LogP contribution in [0.25, 0.3) is 11.6 Å². The lowest BCUT2D eigenvalue weighted by atomic mass is 10.00. The van der Waals surface area contributed by atoms with E-state index in [4.69, 9.17) is 0 Å². The number of phenolic OH excluding ortho intramolecular Hbond substituents is 1. The lowest BCUT2D eigenvalue weighted by Crippen LogP contribution is -1.86. The molecule has 0 bridgehead atoms. The van der Waals surface area contributed by atoms with Gasteiger partial charge in [-0.3, -0.25) is 0 Å². The van der Waals surface area contributed by atoms with Crippen LogP contribution in [0, 0.1) is 0 Å². The second-order valence-electron chi connectivity index (χ2n) is 4.44. The molecule has 0 aliphatic carbocycles. The molecule has 0 aromatic heterocycles. The summed E-state index contributed by atoms with van der Waals surface area (Å²) in [7, 11) is 0. The van der Waals surface area contributed by atoms with Crippen LogP contribution in [0.15, 0.2) is 48.5 Å². The Kier molecular flexibility index (Phi) is 3.83. The van der Waals surface area contributed by atoms with E-state index in [1.807, 2.05) is 31.2 Å². The molecule has 0 heterocycles. The zero-order chi connectivity index (χ0) is 13.0. The van der Waals surface area contributed by atoms with E-state index in [9.17, 15) is 5.11 Å². The van der Waals surface area contributed by atoms with Crippen LogP contribution >= 0.6 is 0 Å². The fraction of sp³-hybridized carbons (Fsp3) is 0.176. The molecule has 0 spiro atoms. The van der Waals surface area contributed by atoms with Crippen molar-refractivity contribution >= 4 is 11.6 Å². The highest BCUT2D eigenvalue weighted by atomic mass is 16.3. The molecular formula is C17H18O. The Hall–Kier alpha value is -2.02. The Bertz CT molecular complexity index is 553. The Morgan fingerprint density at radius 3 is 2.50 bits per heavy atom. The van der Waals surface area contributed by atoms with Gasteiger partial charge >= 0.3 is 0 Å². The van der Waals surface area contributed by atoms with Crippen LogP contribution in [-0.2, 0) is 6.42 Å². The minimum Gasteiger partial charge on any atom is -0.507 e. The normalized spacial score (nSPS) is 11.6. The van der Waals surface area contributed by atoms with Crippen LogP contribution < -0.4 is 0 Å². The van der Waals surface area contributed by atoms with Crippen LogP contribution in [0.5, 0.6) is 5.75 Å². The predicted octanol–water partition coefficient (Wildman–Crippen LogP) is 4.52. The van der Waals surface area contributed by atoms with Crippen LogP contribution in [0.3, 0.4) is 0 Å². The minimum atomic E-state index is 0.344. The Morgan fingerprint density at radius 2 is 1.83 bits per heavy atom. The van der Waals surface area contributed by atoms with Gasteiger partial charge < -0.3 is 5.11 Å². The molecule has 0 radical (unpaired) electrons. The number of hydrogen-bond donors (Lipinski definition) is 1. The van der Waals surface area contributed by atoms with E-state index in [0.29, 0.717) is 5.75 Å². The van der Waals surface area contributed by atoms with Gasteiger partial charge in [0, 0.05) is 5.56 Å². The van der Waals surface area contributed by atoms with Gasteiger partial charge in [0.15, 0.2) is 0 Å². The summed E-state index contributed by atoms with van der Waals surface area (Å²) in [5, 5.41) is 9.94. The third-order valence-electron chi connectivity index (χ3n) is 3.08. The fourth-order valence-electron chi connectivity index (χ4n) is 2.00. The molecule has 0 fully saturated rings. The number of benzene rings is 2. The standard InChI is InChI=1S/C17H18O/c1-3-14-9-10-17(18)16(12-14)13(2)11-15-7-5-4-6-8-15/h4-12,18H,3H2,1-2H3.